The molecule has 1 aromatic rings. The van der Waals surface area contributed by atoms with Crippen LogP contribution in [-0.2, 0) is 6.18 Å². The summed E-state index contributed by atoms with van der Waals surface area (Å²) < 4.78 is 37.7. The largest absolute Gasteiger partial charge is 0.417 e. The van der Waals surface area contributed by atoms with E-state index >= 15 is 0 Å². The lowest BCUT2D eigenvalue weighted by Gasteiger charge is -2.09. The molecule has 0 bridgehead atoms. The van der Waals surface area contributed by atoms with Crippen LogP contribution in [0, 0.1) is 11.3 Å². The topological polar surface area (TPSA) is 68.4 Å². The molecule has 0 aliphatic rings. The molecule has 0 spiro atoms. The first-order valence-electron chi connectivity index (χ1n) is 4.45. The summed E-state index contributed by atoms with van der Waals surface area (Å²) in [6, 6.07) is 4.51. The lowest BCUT2D eigenvalue weighted by Crippen LogP contribution is -2.14. The van der Waals surface area contributed by atoms with E-state index in [2.05, 4.69) is 4.99 Å². The van der Waals surface area contributed by atoms with Gasteiger partial charge in [-0.05, 0) is 25.1 Å². The monoisotopic (exact) mass is 243 g/mol. The van der Waals surface area contributed by atoms with Gasteiger partial charge in [0.1, 0.15) is 5.84 Å². The van der Waals surface area contributed by atoms with E-state index in [9.17, 15) is 13.2 Å². The van der Waals surface area contributed by atoms with Crippen molar-refractivity contribution in [2.24, 2.45) is 4.99 Å². The van der Waals surface area contributed by atoms with Gasteiger partial charge in [0, 0.05) is 0 Å². The van der Waals surface area contributed by atoms with Crippen molar-refractivity contribution in [3.05, 3.63) is 29.3 Å². The van der Waals surface area contributed by atoms with E-state index in [1.165, 1.54) is 19.1 Å². The van der Waals surface area contributed by atoms with E-state index in [0.29, 0.717) is 0 Å². The number of amidine groups is 1. The van der Waals surface area contributed by atoms with Crippen molar-refractivity contribution in [2.75, 3.05) is 0 Å². The molecule has 0 fully saturated rings. The maximum Gasteiger partial charge on any atom is 0.417 e. The number of hydrogen-bond acceptors (Lipinski definition) is 3. The molecule has 1 aromatic carbocycles. The first-order chi connectivity index (χ1) is 7.88. The highest BCUT2D eigenvalue weighted by atomic mass is 19.4. The van der Waals surface area contributed by atoms with Gasteiger partial charge in [0.05, 0.1) is 22.9 Å². The van der Waals surface area contributed by atoms with E-state index < -0.39 is 17.3 Å². The quantitative estimate of drug-likeness (QED) is 0.452. The Bertz CT molecular complexity index is 489. The fourth-order valence-electron chi connectivity index (χ4n) is 1.15. The standard InChI is InChI=1S/C10H8F3N3O/c1-6(16-17)15-8-3-2-7(5-14)9(4-8)10(11,12)13/h2-4,17H,1H3,(H,15,16). The Labute approximate surface area is 95.0 Å². The molecule has 0 aromatic heterocycles. The lowest BCUT2D eigenvalue weighted by molar-refractivity contribution is -0.137. The van der Waals surface area contributed by atoms with Crippen molar-refractivity contribution in [3.63, 3.8) is 0 Å². The van der Waals surface area contributed by atoms with E-state index in [4.69, 9.17) is 10.5 Å². The number of halogens is 3. The molecule has 2 N–H and O–H groups in total. The minimum absolute atomic E-state index is 0.00428. The van der Waals surface area contributed by atoms with Crippen LogP contribution in [0.3, 0.4) is 0 Å². The van der Waals surface area contributed by atoms with Crippen molar-refractivity contribution in [1.82, 2.24) is 5.48 Å². The number of rotatable bonds is 1. The second kappa shape index (κ2) is 4.84. The molecule has 90 valence electrons. The molecule has 0 saturated heterocycles. The Morgan fingerprint density at radius 1 is 1.47 bits per heavy atom. The summed E-state index contributed by atoms with van der Waals surface area (Å²) in [6.45, 7) is 1.38. The number of hydrogen-bond donors (Lipinski definition) is 2. The zero-order valence-corrected chi connectivity index (χ0v) is 8.71. The van der Waals surface area contributed by atoms with Gasteiger partial charge in [-0.25, -0.2) is 4.99 Å². The van der Waals surface area contributed by atoms with Gasteiger partial charge in [-0.15, -0.1) is 0 Å². The minimum atomic E-state index is -4.61. The van der Waals surface area contributed by atoms with Crippen LogP contribution in [0.2, 0.25) is 0 Å². The summed E-state index contributed by atoms with van der Waals surface area (Å²) in [7, 11) is 0. The molecule has 0 aliphatic heterocycles. The summed E-state index contributed by atoms with van der Waals surface area (Å²) in [5, 5.41) is 17.0. The minimum Gasteiger partial charge on any atom is -0.290 e. The third-order valence-electron chi connectivity index (χ3n) is 1.89. The Morgan fingerprint density at radius 2 is 2.12 bits per heavy atom. The fraction of sp³-hybridized carbons (Fsp3) is 0.200. The summed E-state index contributed by atoms with van der Waals surface area (Å²) in [5.41, 5.74) is 0.184. The summed E-state index contributed by atoms with van der Waals surface area (Å²) in [4.78, 5) is 3.67. The van der Waals surface area contributed by atoms with Crippen molar-refractivity contribution in [1.29, 1.82) is 5.26 Å². The molecule has 0 atom stereocenters. The average molecular weight is 243 g/mol. The van der Waals surface area contributed by atoms with Crippen LogP contribution in [0.5, 0.6) is 0 Å². The number of benzene rings is 1. The Kier molecular flexibility index (Phi) is 3.70. The van der Waals surface area contributed by atoms with Crippen molar-refractivity contribution in [3.8, 4) is 6.07 Å². The maximum atomic E-state index is 12.6. The van der Waals surface area contributed by atoms with Crippen LogP contribution >= 0.6 is 0 Å². The van der Waals surface area contributed by atoms with Crippen molar-refractivity contribution >= 4 is 11.5 Å². The SMILES string of the molecule is CC(=Nc1ccc(C#N)c(C(F)(F)F)c1)NO. The molecule has 0 amide bonds. The number of nitrogens with one attached hydrogen (secondary N) is 1. The van der Waals surface area contributed by atoms with Crippen molar-refractivity contribution in [2.45, 2.75) is 13.1 Å². The highest BCUT2D eigenvalue weighted by Crippen LogP contribution is 2.34. The van der Waals surface area contributed by atoms with Gasteiger partial charge in [0.25, 0.3) is 0 Å². The van der Waals surface area contributed by atoms with Crippen molar-refractivity contribution < 1.29 is 18.4 Å². The Hall–Kier alpha value is -2.07. The normalized spacial score (nSPS) is 12.1. The summed E-state index contributed by atoms with van der Waals surface area (Å²) in [6.07, 6.45) is -4.61. The number of aliphatic imine (C=N–C) groups is 1. The second-order valence-corrected chi connectivity index (χ2v) is 3.15. The predicted octanol–water partition coefficient (Wildman–Crippen LogP) is 2.61. The molecular formula is C10H8F3N3O. The zero-order valence-electron chi connectivity index (χ0n) is 8.71. The highest BCUT2D eigenvalue weighted by molar-refractivity contribution is 5.81. The van der Waals surface area contributed by atoms with Crippen LogP contribution in [0.4, 0.5) is 18.9 Å². The number of nitrogens with zero attached hydrogens (tertiary/aromatic N) is 2. The first-order valence-corrected chi connectivity index (χ1v) is 4.45. The molecule has 1 rings (SSSR count). The first kappa shape index (κ1) is 13.0. The third-order valence-corrected chi connectivity index (χ3v) is 1.89. The van der Waals surface area contributed by atoms with Gasteiger partial charge >= 0.3 is 6.18 Å². The molecule has 0 radical (unpaired) electrons. The molecule has 4 nitrogen and oxygen atoms in total. The Morgan fingerprint density at radius 3 is 2.59 bits per heavy atom. The number of alkyl halides is 3. The fourth-order valence-corrected chi connectivity index (χ4v) is 1.15. The van der Waals surface area contributed by atoms with E-state index in [1.807, 2.05) is 0 Å². The number of hydroxylamine groups is 1. The molecular weight excluding hydrogens is 235 g/mol. The predicted molar refractivity (Wildman–Crippen MR) is 53.9 cm³/mol. The van der Waals surface area contributed by atoms with Crippen LogP contribution in [0.15, 0.2) is 23.2 Å². The van der Waals surface area contributed by atoms with Gasteiger partial charge in [0.2, 0.25) is 0 Å². The molecule has 0 heterocycles. The Balaban J connectivity index is 3.29. The van der Waals surface area contributed by atoms with Crippen LogP contribution < -0.4 is 5.48 Å². The number of nitriles is 1. The summed E-state index contributed by atoms with van der Waals surface area (Å²) in [5.74, 6) is 0.0443. The van der Waals surface area contributed by atoms with Crippen LogP contribution in [-0.4, -0.2) is 11.0 Å². The van der Waals surface area contributed by atoms with Gasteiger partial charge in [0.15, 0.2) is 0 Å². The van der Waals surface area contributed by atoms with E-state index in [0.717, 1.165) is 12.1 Å². The molecule has 0 unspecified atom stereocenters. The van der Waals surface area contributed by atoms with Crippen LogP contribution in [0.1, 0.15) is 18.1 Å². The zero-order chi connectivity index (χ0) is 13.1. The highest BCUT2D eigenvalue weighted by Gasteiger charge is 2.33. The van der Waals surface area contributed by atoms with Gasteiger partial charge < -0.3 is 0 Å². The summed E-state index contributed by atoms with van der Waals surface area (Å²) >= 11 is 0. The van der Waals surface area contributed by atoms with Gasteiger partial charge in [-0.1, -0.05) is 0 Å². The average Bonchev–Trinajstić information content (AvgIpc) is 2.27. The molecule has 0 saturated carbocycles. The van der Waals surface area contributed by atoms with Gasteiger partial charge in [-0.3, -0.25) is 10.7 Å². The van der Waals surface area contributed by atoms with Crippen LogP contribution in [0.25, 0.3) is 0 Å². The van der Waals surface area contributed by atoms with Gasteiger partial charge in [-0.2, -0.15) is 18.4 Å². The molecule has 17 heavy (non-hydrogen) atoms. The lowest BCUT2D eigenvalue weighted by atomic mass is 10.1. The smallest absolute Gasteiger partial charge is 0.290 e. The van der Waals surface area contributed by atoms with E-state index in [1.54, 1.807) is 5.48 Å². The molecule has 7 heteroatoms. The maximum absolute atomic E-state index is 12.6. The molecule has 0 aliphatic carbocycles. The third kappa shape index (κ3) is 3.19. The van der Waals surface area contributed by atoms with E-state index in [-0.39, 0.29) is 11.5 Å². The second-order valence-electron chi connectivity index (χ2n) is 3.15.